The Morgan fingerprint density at radius 1 is 1.67 bits per heavy atom. The minimum Gasteiger partial charge on any atom is -0.330 e. The van der Waals surface area contributed by atoms with E-state index in [1.165, 1.54) is 5.57 Å². The van der Waals surface area contributed by atoms with Crippen LogP contribution in [0.4, 0.5) is 0 Å². The van der Waals surface area contributed by atoms with Gasteiger partial charge in [-0.05, 0) is 18.8 Å². The first-order valence-electron chi connectivity index (χ1n) is 3.43. The third kappa shape index (κ3) is 1.83. The second-order valence-corrected chi connectivity index (χ2v) is 2.90. The van der Waals surface area contributed by atoms with E-state index in [0.717, 1.165) is 6.42 Å². The van der Waals surface area contributed by atoms with Crippen LogP contribution >= 0.6 is 0 Å². The van der Waals surface area contributed by atoms with Gasteiger partial charge in [-0.3, -0.25) is 0 Å². The summed E-state index contributed by atoms with van der Waals surface area (Å²) in [6.45, 7) is 10.9. The van der Waals surface area contributed by atoms with E-state index in [1.807, 2.05) is 6.92 Å². The van der Waals surface area contributed by atoms with Crippen molar-refractivity contribution in [2.45, 2.75) is 27.2 Å². The monoisotopic (exact) mass is 127 g/mol. The first-order valence-corrected chi connectivity index (χ1v) is 3.43. The SMILES string of the molecule is C=C(C)C(C)(CC)CN. The van der Waals surface area contributed by atoms with Gasteiger partial charge < -0.3 is 5.73 Å². The zero-order valence-corrected chi connectivity index (χ0v) is 6.70. The fourth-order valence-electron chi connectivity index (χ4n) is 0.620. The van der Waals surface area contributed by atoms with Crippen molar-refractivity contribution in [1.29, 1.82) is 0 Å². The molecule has 0 fully saturated rings. The lowest BCUT2D eigenvalue weighted by Crippen LogP contribution is -2.26. The minimum absolute atomic E-state index is 0.167. The number of hydrogen-bond donors (Lipinski definition) is 1. The number of rotatable bonds is 3. The summed E-state index contributed by atoms with van der Waals surface area (Å²) in [5.41, 5.74) is 6.91. The van der Waals surface area contributed by atoms with Crippen molar-refractivity contribution in [2.75, 3.05) is 6.54 Å². The van der Waals surface area contributed by atoms with Gasteiger partial charge in [-0.2, -0.15) is 0 Å². The molecule has 0 bridgehead atoms. The van der Waals surface area contributed by atoms with E-state index in [0.29, 0.717) is 6.54 Å². The Hall–Kier alpha value is -0.300. The Balaban J connectivity index is 4.09. The van der Waals surface area contributed by atoms with Crippen molar-refractivity contribution >= 4 is 0 Å². The summed E-state index contributed by atoms with van der Waals surface area (Å²) in [7, 11) is 0. The largest absolute Gasteiger partial charge is 0.330 e. The molecule has 1 unspecified atom stereocenters. The summed E-state index contributed by atoms with van der Waals surface area (Å²) in [6, 6.07) is 0. The van der Waals surface area contributed by atoms with Crippen molar-refractivity contribution in [3.63, 3.8) is 0 Å². The van der Waals surface area contributed by atoms with E-state index in [2.05, 4.69) is 20.4 Å². The highest BCUT2D eigenvalue weighted by Crippen LogP contribution is 2.26. The quantitative estimate of drug-likeness (QED) is 0.576. The highest BCUT2D eigenvalue weighted by molar-refractivity contribution is 5.05. The van der Waals surface area contributed by atoms with Crippen LogP contribution in [0.5, 0.6) is 0 Å². The maximum absolute atomic E-state index is 5.56. The van der Waals surface area contributed by atoms with E-state index in [-0.39, 0.29) is 5.41 Å². The lowest BCUT2D eigenvalue weighted by molar-refractivity contribution is 0.396. The van der Waals surface area contributed by atoms with Crippen LogP contribution in [0.15, 0.2) is 12.2 Å². The molecule has 0 aromatic carbocycles. The van der Waals surface area contributed by atoms with Crippen LogP contribution in [0.1, 0.15) is 27.2 Å². The number of hydrogen-bond acceptors (Lipinski definition) is 1. The van der Waals surface area contributed by atoms with Gasteiger partial charge in [0.1, 0.15) is 0 Å². The van der Waals surface area contributed by atoms with E-state index in [1.54, 1.807) is 0 Å². The molecule has 0 aliphatic heterocycles. The zero-order chi connectivity index (χ0) is 7.49. The van der Waals surface area contributed by atoms with Crippen molar-refractivity contribution in [1.82, 2.24) is 0 Å². The smallest absolute Gasteiger partial charge is 0.00139 e. The molecule has 0 saturated heterocycles. The third-order valence-corrected chi connectivity index (χ3v) is 2.26. The molecular formula is C8H17N. The molecular weight excluding hydrogens is 110 g/mol. The van der Waals surface area contributed by atoms with Gasteiger partial charge in [-0.25, -0.2) is 0 Å². The molecule has 0 rings (SSSR count). The lowest BCUT2D eigenvalue weighted by atomic mass is 9.81. The van der Waals surface area contributed by atoms with Crippen LogP contribution in [0, 0.1) is 5.41 Å². The summed E-state index contributed by atoms with van der Waals surface area (Å²) < 4.78 is 0. The highest BCUT2D eigenvalue weighted by Gasteiger charge is 2.19. The molecule has 0 heterocycles. The van der Waals surface area contributed by atoms with E-state index in [9.17, 15) is 0 Å². The zero-order valence-electron chi connectivity index (χ0n) is 6.70. The second-order valence-electron chi connectivity index (χ2n) is 2.90. The molecule has 0 aromatic rings. The predicted molar refractivity (Wildman–Crippen MR) is 42.3 cm³/mol. The second kappa shape index (κ2) is 3.02. The average Bonchev–Trinajstić information content (AvgIpc) is 1.86. The Kier molecular flexibility index (Phi) is 2.92. The van der Waals surface area contributed by atoms with Crippen LogP contribution in [-0.2, 0) is 0 Å². The topological polar surface area (TPSA) is 26.0 Å². The standard InChI is InChI=1S/C8H17N/c1-5-8(4,6-9)7(2)3/h2,5-6,9H2,1,3-4H3. The minimum atomic E-state index is 0.167. The Morgan fingerprint density at radius 3 is 2.11 bits per heavy atom. The predicted octanol–water partition coefficient (Wildman–Crippen LogP) is 1.94. The molecule has 0 aliphatic rings. The van der Waals surface area contributed by atoms with Gasteiger partial charge in [0.2, 0.25) is 0 Å². The molecule has 1 heteroatoms. The van der Waals surface area contributed by atoms with Crippen LogP contribution < -0.4 is 5.73 Å². The van der Waals surface area contributed by atoms with Gasteiger partial charge in [0.15, 0.2) is 0 Å². The molecule has 1 atom stereocenters. The maximum atomic E-state index is 5.56. The summed E-state index contributed by atoms with van der Waals surface area (Å²) in [5.74, 6) is 0. The van der Waals surface area contributed by atoms with Crippen LogP contribution in [-0.4, -0.2) is 6.54 Å². The normalized spacial score (nSPS) is 16.9. The molecule has 0 amide bonds. The molecule has 0 aromatic heterocycles. The van der Waals surface area contributed by atoms with Gasteiger partial charge in [0.25, 0.3) is 0 Å². The van der Waals surface area contributed by atoms with Crippen molar-refractivity contribution in [3.05, 3.63) is 12.2 Å². The van der Waals surface area contributed by atoms with E-state index >= 15 is 0 Å². The van der Waals surface area contributed by atoms with Crippen molar-refractivity contribution in [2.24, 2.45) is 11.1 Å². The average molecular weight is 127 g/mol. The fourth-order valence-corrected chi connectivity index (χ4v) is 0.620. The lowest BCUT2D eigenvalue weighted by Gasteiger charge is -2.26. The number of nitrogens with two attached hydrogens (primary N) is 1. The van der Waals surface area contributed by atoms with E-state index in [4.69, 9.17) is 5.73 Å². The summed E-state index contributed by atoms with van der Waals surface area (Å²) in [4.78, 5) is 0. The van der Waals surface area contributed by atoms with Crippen LogP contribution in [0.3, 0.4) is 0 Å². The van der Waals surface area contributed by atoms with Crippen molar-refractivity contribution in [3.8, 4) is 0 Å². The first kappa shape index (κ1) is 8.70. The summed E-state index contributed by atoms with van der Waals surface area (Å²) >= 11 is 0. The highest BCUT2D eigenvalue weighted by atomic mass is 14.6. The molecule has 54 valence electrons. The van der Waals surface area contributed by atoms with Crippen molar-refractivity contribution < 1.29 is 0 Å². The molecule has 9 heavy (non-hydrogen) atoms. The summed E-state index contributed by atoms with van der Waals surface area (Å²) in [6.07, 6.45) is 1.08. The first-order chi connectivity index (χ1) is 4.06. The van der Waals surface area contributed by atoms with Gasteiger partial charge in [0, 0.05) is 6.54 Å². The third-order valence-electron chi connectivity index (χ3n) is 2.26. The molecule has 0 radical (unpaired) electrons. The maximum Gasteiger partial charge on any atom is 0.00139 e. The molecule has 0 aliphatic carbocycles. The Labute approximate surface area is 57.9 Å². The van der Waals surface area contributed by atoms with Crippen LogP contribution in [0.25, 0.3) is 0 Å². The van der Waals surface area contributed by atoms with Gasteiger partial charge in [0.05, 0.1) is 0 Å². The molecule has 0 saturated carbocycles. The summed E-state index contributed by atoms with van der Waals surface area (Å²) in [5, 5.41) is 0. The molecule has 2 N–H and O–H groups in total. The van der Waals surface area contributed by atoms with Crippen LogP contribution in [0.2, 0.25) is 0 Å². The van der Waals surface area contributed by atoms with Gasteiger partial charge in [-0.15, -0.1) is 0 Å². The van der Waals surface area contributed by atoms with E-state index < -0.39 is 0 Å². The van der Waals surface area contributed by atoms with Gasteiger partial charge in [-0.1, -0.05) is 26.0 Å². The molecule has 0 spiro atoms. The molecule has 1 nitrogen and oxygen atoms in total. The Morgan fingerprint density at radius 2 is 2.11 bits per heavy atom. The fraction of sp³-hybridized carbons (Fsp3) is 0.750. The van der Waals surface area contributed by atoms with Gasteiger partial charge >= 0.3 is 0 Å². The Bertz CT molecular complexity index is 101.